The topological polar surface area (TPSA) is 47.0 Å². The van der Waals surface area contributed by atoms with E-state index in [1.54, 1.807) is 4.57 Å². The molecule has 1 unspecified atom stereocenters. The number of fused-ring (bicyclic) bond motifs is 1. The van der Waals surface area contributed by atoms with Crippen LogP contribution in [0.4, 0.5) is 0 Å². The lowest BCUT2D eigenvalue weighted by Crippen LogP contribution is -2.26. The molecule has 0 spiro atoms. The molecule has 0 saturated carbocycles. The molecule has 1 aliphatic heterocycles. The van der Waals surface area contributed by atoms with Crippen LogP contribution in [0, 0.1) is 4.77 Å². The van der Waals surface area contributed by atoms with E-state index in [2.05, 4.69) is 4.98 Å². The van der Waals surface area contributed by atoms with Crippen molar-refractivity contribution < 1.29 is 4.74 Å². The van der Waals surface area contributed by atoms with Crippen LogP contribution in [0.15, 0.2) is 16.2 Å². The summed E-state index contributed by atoms with van der Waals surface area (Å²) in [4.78, 5) is 15.4. The van der Waals surface area contributed by atoms with Gasteiger partial charge in [-0.2, -0.15) is 0 Å². The van der Waals surface area contributed by atoms with E-state index in [-0.39, 0.29) is 11.7 Å². The summed E-state index contributed by atoms with van der Waals surface area (Å²) in [5.74, 6) is 0. The normalized spacial score (nSPS) is 19.9. The van der Waals surface area contributed by atoms with Crippen molar-refractivity contribution >= 4 is 33.8 Å². The summed E-state index contributed by atoms with van der Waals surface area (Å²) in [5.41, 5.74) is 0.856. The fourth-order valence-corrected chi connectivity index (χ4v) is 3.56. The van der Waals surface area contributed by atoms with Crippen LogP contribution in [0.25, 0.3) is 10.2 Å². The number of aromatic nitrogens is 2. The molecule has 1 atom stereocenters. The van der Waals surface area contributed by atoms with Crippen molar-refractivity contribution in [1.29, 1.82) is 0 Å². The molecular formula is C13H16N2O2S2. The fraction of sp³-hybridized carbons (Fsp3) is 0.538. The lowest BCUT2D eigenvalue weighted by molar-refractivity contribution is 0.00859. The highest BCUT2D eigenvalue weighted by Gasteiger charge is 2.15. The van der Waals surface area contributed by atoms with Crippen LogP contribution in [0.5, 0.6) is 0 Å². The van der Waals surface area contributed by atoms with Crippen LogP contribution in [0.1, 0.15) is 25.7 Å². The van der Waals surface area contributed by atoms with Crippen LogP contribution < -0.4 is 5.56 Å². The van der Waals surface area contributed by atoms with Gasteiger partial charge >= 0.3 is 0 Å². The summed E-state index contributed by atoms with van der Waals surface area (Å²) in [6, 6.07) is 1.89. The minimum absolute atomic E-state index is 0.0181. The molecular weight excluding hydrogens is 280 g/mol. The molecule has 0 aromatic carbocycles. The number of aromatic amines is 1. The van der Waals surface area contributed by atoms with E-state index in [9.17, 15) is 4.79 Å². The highest BCUT2D eigenvalue weighted by Crippen LogP contribution is 2.17. The molecule has 1 saturated heterocycles. The van der Waals surface area contributed by atoms with Crippen LogP contribution in [-0.2, 0) is 11.3 Å². The predicted molar refractivity (Wildman–Crippen MR) is 79.5 cm³/mol. The van der Waals surface area contributed by atoms with E-state index in [0.717, 1.165) is 36.1 Å². The number of nitrogens with one attached hydrogen (secondary N) is 1. The Kier molecular flexibility index (Phi) is 3.81. The van der Waals surface area contributed by atoms with Crippen LogP contribution in [0.2, 0.25) is 0 Å². The summed E-state index contributed by atoms with van der Waals surface area (Å²) < 4.78 is 8.61. The third kappa shape index (κ3) is 2.66. The molecule has 0 radical (unpaired) electrons. The number of H-pyrrole nitrogens is 1. The maximum absolute atomic E-state index is 12.3. The van der Waals surface area contributed by atoms with Gasteiger partial charge in [0.1, 0.15) is 4.70 Å². The van der Waals surface area contributed by atoms with Gasteiger partial charge < -0.3 is 9.72 Å². The van der Waals surface area contributed by atoms with E-state index in [1.165, 1.54) is 17.8 Å². The van der Waals surface area contributed by atoms with Crippen LogP contribution in [0.3, 0.4) is 0 Å². The van der Waals surface area contributed by atoms with Gasteiger partial charge in [-0.15, -0.1) is 11.3 Å². The number of thiophene rings is 1. The minimum atomic E-state index is 0.0181. The van der Waals surface area contributed by atoms with Gasteiger partial charge in [-0.05, 0) is 49.3 Å². The Bertz CT molecular complexity index is 680. The Labute approximate surface area is 120 Å². The molecule has 0 aliphatic carbocycles. The molecule has 102 valence electrons. The zero-order chi connectivity index (χ0) is 13.2. The van der Waals surface area contributed by atoms with E-state index in [0.29, 0.717) is 11.3 Å². The number of hydrogen-bond donors (Lipinski definition) is 1. The van der Waals surface area contributed by atoms with Gasteiger partial charge in [-0.3, -0.25) is 9.36 Å². The van der Waals surface area contributed by atoms with Gasteiger partial charge in [-0.1, -0.05) is 0 Å². The molecule has 1 N–H and O–H groups in total. The largest absolute Gasteiger partial charge is 0.378 e. The van der Waals surface area contributed by atoms with E-state index < -0.39 is 0 Å². The first kappa shape index (κ1) is 13.0. The Hall–Kier alpha value is -0.980. The molecule has 0 bridgehead atoms. The van der Waals surface area contributed by atoms with Crippen LogP contribution >= 0.6 is 23.6 Å². The average molecular weight is 296 g/mol. The smallest absolute Gasteiger partial charge is 0.272 e. The standard InChI is InChI=1S/C13H16N2O2S2/c16-12-11-10(5-8-19-11)14-13(18)15(12)6-4-9-3-1-2-7-17-9/h5,8-9H,1-4,6-7H2,(H,14,18). The average Bonchev–Trinajstić information content (AvgIpc) is 2.88. The zero-order valence-corrected chi connectivity index (χ0v) is 12.2. The maximum atomic E-state index is 12.3. The second-order valence-electron chi connectivity index (χ2n) is 4.83. The predicted octanol–water partition coefficient (Wildman–Crippen LogP) is 3.08. The highest BCUT2D eigenvalue weighted by atomic mass is 32.1. The first-order chi connectivity index (χ1) is 9.25. The summed E-state index contributed by atoms with van der Waals surface area (Å²) >= 11 is 6.73. The SMILES string of the molecule is O=c1c2sccc2[nH]c(=S)n1CCC1CCCCO1. The molecule has 6 heteroatoms. The lowest BCUT2D eigenvalue weighted by Gasteiger charge is -2.22. The van der Waals surface area contributed by atoms with Gasteiger partial charge in [0.2, 0.25) is 0 Å². The van der Waals surface area contributed by atoms with Gasteiger partial charge in [0, 0.05) is 13.2 Å². The van der Waals surface area contributed by atoms with E-state index in [4.69, 9.17) is 17.0 Å². The molecule has 1 fully saturated rings. The molecule has 3 heterocycles. The van der Waals surface area contributed by atoms with Crippen molar-refractivity contribution in [3.05, 3.63) is 26.6 Å². The monoisotopic (exact) mass is 296 g/mol. The molecule has 19 heavy (non-hydrogen) atoms. The Morgan fingerprint density at radius 2 is 2.42 bits per heavy atom. The van der Waals surface area contributed by atoms with Crippen molar-refractivity contribution in [2.45, 2.75) is 38.3 Å². The Morgan fingerprint density at radius 1 is 1.53 bits per heavy atom. The van der Waals surface area contributed by atoms with E-state index >= 15 is 0 Å². The third-order valence-corrected chi connectivity index (χ3v) is 4.76. The molecule has 2 aromatic heterocycles. The summed E-state index contributed by atoms with van der Waals surface area (Å²) in [6.45, 7) is 1.48. The Balaban J connectivity index is 1.83. The highest BCUT2D eigenvalue weighted by molar-refractivity contribution is 7.71. The van der Waals surface area contributed by atoms with Crippen molar-refractivity contribution in [2.24, 2.45) is 0 Å². The quantitative estimate of drug-likeness (QED) is 0.885. The van der Waals surface area contributed by atoms with Crippen molar-refractivity contribution in [1.82, 2.24) is 9.55 Å². The zero-order valence-electron chi connectivity index (χ0n) is 10.6. The number of hydrogen-bond acceptors (Lipinski definition) is 4. The third-order valence-electron chi connectivity index (χ3n) is 3.54. The second-order valence-corrected chi connectivity index (χ2v) is 6.13. The van der Waals surface area contributed by atoms with Gasteiger partial charge in [0.15, 0.2) is 4.77 Å². The fourth-order valence-electron chi connectivity index (χ4n) is 2.48. The number of nitrogens with zero attached hydrogens (tertiary/aromatic N) is 1. The van der Waals surface area contributed by atoms with Gasteiger partial charge in [0.25, 0.3) is 5.56 Å². The Morgan fingerprint density at radius 3 is 3.21 bits per heavy atom. The molecule has 3 rings (SSSR count). The molecule has 4 nitrogen and oxygen atoms in total. The van der Waals surface area contributed by atoms with Crippen molar-refractivity contribution in [3.8, 4) is 0 Å². The second kappa shape index (κ2) is 5.56. The van der Waals surface area contributed by atoms with Crippen molar-refractivity contribution in [3.63, 3.8) is 0 Å². The van der Waals surface area contributed by atoms with Gasteiger partial charge in [-0.25, -0.2) is 0 Å². The molecule has 1 aliphatic rings. The van der Waals surface area contributed by atoms with Gasteiger partial charge in [0.05, 0.1) is 11.6 Å². The first-order valence-corrected chi connectivity index (χ1v) is 7.86. The molecule has 0 amide bonds. The summed E-state index contributed by atoms with van der Waals surface area (Å²) in [5, 5.41) is 1.91. The van der Waals surface area contributed by atoms with Crippen molar-refractivity contribution in [2.75, 3.05) is 6.61 Å². The molecule has 2 aromatic rings. The van der Waals surface area contributed by atoms with Crippen LogP contribution in [-0.4, -0.2) is 22.3 Å². The van der Waals surface area contributed by atoms with E-state index in [1.807, 2.05) is 11.4 Å². The summed E-state index contributed by atoms with van der Waals surface area (Å²) in [6.07, 6.45) is 4.59. The lowest BCUT2D eigenvalue weighted by atomic mass is 10.1. The first-order valence-electron chi connectivity index (χ1n) is 6.57. The number of ether oxygens (including phenoxy) is 1. The number of rotatable bonds is 3. The summed E-state index contributed by atoms with van der Waals surface area (Å²) in [7, 11) is 0. The minimum Gasteiger partial charge on any atom is -0.378 e. The maximum Gasteiger partial charge on any atom is 0.272 e.